The van der Waals surface area contributed by atoms with Crippen LogP contribution < -0.4 is 10.8 Å². The molecule has 6 nitrogen and oxygen atoms in total. The van der Waals surface area contributed by atoms with E-state index in [1.165, 1.54) is 0 Å². The van der Waals surface area contributed by atoms with E-state index >= 15 is 0 Å². The van der Waals surface area contributed by atoms with Crippen LogP contribution in [0.15, 0.2) is 0 Å². The van der Waals surface area contributed by atoms with Crippen LogP contribution >= 0.6 is 0 Å². The molecule has 0 saturated carbocycles. The topological polar surface area (TPSA) is 90.8 Å². The molecule has 0 rings (SSSR count). The number of amides is 1. The lowest BCUT2D eigenvalue weighted by molar-refractivity contribution is -0.134. The summed E-state index contributed by atoms with van der Waals surface area (Å²) in [6, 6.07) is 0. The molecular formula is C9H20N2O4. The largest absolute Gasteiger partial charge is 0.395 e. The maximum Gasteiger partial charge on any atom is 0.228 e. The molecule has 0 aliphatic rings. The van der Waals surface area contributed by atoms with Gasteiger partial charge >= 0.3 is 0 Å². The van der Waals surface area contributed by atoms with Crippen LogP contribution in [-0.2, 0) is 9.63 Å². The van der Waals surface area contributed by atoms with Crippen LogP contribution in [0.5, 0.6) is 0 Å². The minimum Gasteiger partial charge on any atom is -0.395 e. The first kappa shape index (κ1) is 14.3. The van der Waals surface area contributed by atoms with Crippen LogP contribution in [0, 0.1) is 5.41 Å². The van der Waals surface area contributed by atoms with Gasteiger partial charge in [-0.15, -0.1) is 0 Å². The maximum atomic E-state index is 11.5. The molecule has 0 bridgehead atoms. The summed E-state index contributed by atoms with van der Waals surface area (Å²) < 4.78 is 0. The molecule has 0 radical (unpaired) electrons. The van der Waals surface area contributed by atoms with Gasteiger partial charge in [-0.05, 0) is 13.8 Å². The minimum atomic E-state index is -0.669. The zero-order valence-electron chi connectivity index (χ0n) is 9.25. The van der Waals surface area contributed by atoms with Crippen molar-refractivity contribution in [3.63, 3.8) is 0 Å². The van der Waals surface area contributed by atoms with Gasteiger partial charge in [0, 0.05) is 13.1 Å². The Labute approximate surface area is 89.6 Å². The van der Waals surface area contributed by atoms with Crippen LogP contribution in [0.3, 0.4) is 0 Å². The zero-order valence-corrected chi connectivity index (χ0v) is 9.25. The number of nitrogens with one attached hydrogen (secondary N) is 2. The van der Waals surface area contributed by atoms with Gasteiger partial charge in [-0.3, -0.25) is 4.79 Å². The molecule has 6 heteroatoms. The monoisotopic (exact) mass is 220 g/mol. The molecule has 0 fully saturated rings. The Hall–Kier alpha value is -0.690. The Morgan fingerprint density at radius 2 is 1.87 bits per heavy atom. The molecule has 15 heavy (non-hydrogen) atoms. The van der Waals surface area contributed by atoms with Crippen LogP contribution in [0.1, 0.15) is 13.8 Å². The molecular weight excluding hydrogens is 200 g/mol. The smallest absolute Gasteiger partial charge is 0.228 e. The van der Waals surface area contributed by atoms with Crippen molar-refractivity contribution in [2.24, 2.45) is 5.41 Å². The van der Waals surface area contributed by atoms with Gasteiger partial charge in [-0.1, -0.05) is 0 Å². The van der Waals surface area contributed by atoms with Crippen molar-refractivity contribution >= 4 is 5.91 Å². The summed E-state index contributed by atoms with van der Waals surface area (Å²) in [5.74, 6) is -0.178. The van der Waals surface area contributed by atoms with Crippen molar-refractivity contribution in [1.82, 2.24) is 10.8 Å². The van der Waals surface area contributed by atoms with Gasteiger partial charge in [-0.25, -0.2) is 5.48 Å². The number of rotatable bonds is 8. The second-order valence-electron chi connectivity index (χ2n) is 3.77. The molecule has 0 spiro atoms. The van der Waals surface area contributed by atoms with E-state index in [1.54, 1.807) is 13.8 Å². The molecule has 4 N–H and O–H groups in total. The second-order valence-corrected chi connectivity index (χ2v) is 3.77. The summed E-state index contributed by atoms with van der Waals surface area (Å²) >= 11 is 0. The molecule has 0 atom stereocenters. The molecule has 0 heterocycles. The van der Waals surface area contributed by atoms with Gasteiger partial charge in [0.15, 0.2) is 0 Å². The van der Waals surface area contributed by atoms with E-state index in [1.807, 2.05) is 0 Å². The summed E-state index contributed by atoms with van der Waals surface area (Å²) in [6.07, 6.45) is 0. The first-order valence-corrected chi connectivity index (χ1v) is 4.89. The van der Waals surface area contributed by atoms with Crippen LogP contribution in [-0.4, -0.2) is 49.0 Å². The number of aliphatic hydroxyl groups is 2. The fourth-order valence-corrected chi connectivity index (χ4v) is 0.824. The average Bonchev–Trinajstić information content (AvgIpc) is 2.21. The van der Waals surface area contributed by atoms with Gasteiger partial charge < -0.3 is 20.4 Å². The van der Waals surface area contributed by atoms with E-state index in [0.717, 1.165) is 0 Å². The molecule has 0 aromatic heterocycles. The first-order chi connectivity index (χ1) is 7.04. The molecule has 90 valence electrons. The SMILES string of the molecule is CC(C)(CONCCO)C(=O)NCCO. The molecule has 1 amide bonds. The first-order valence-electron chi connectivity index (χ1n) is 4.89. The van der Waals surface area contributed by atoms with E-state index in [4.69, 9.17) is 15.1 Å². The lowest BCUT2D eigenvalue weighted by atomic mass is 9.94. The summed E-state index contributed by atoms with van der Waals surface area (Å²) in [7, 11) is 0. The number of aliphatic hydroxyl groups excluding tert-OH is 2. The number of hydrogen-bond donors (Lipinski definition) is 4. The number of carbonyl (C=O) groups excluding carboxylic acids is 1. The maximum absolute atomic E-state index is 11.5. The third-order valence-electron chi connectivity index (χ3n) is 1.76. The van der Waals surface area contributed by atoms with E-state index in [2.05, 4.69) is 10.8 Å². The van der Waals surface area contributed by atoms with Crippen molar-refractivity contribution in [3.05, 3.63) is 0 Å². The van der Waals surface area contributed by atoms with E-state index < -0.39 is 5.41 Å². The summed E-state index contributed by atoms with van der Waals surface area (Å²) in [5, 5.41) is 19.6. The highest BCUT2D eigenvalue weighted by molar-refractivity contribution is 5.81. The molecule has 0 aliphatic heterocycles. The minimum absolute atomic E-state index is 0.0167. The van der Waals surface area contributed by atoms with Gasteiger partial charge in [0.2, 0.25) is 5.91 Å². The van der Waals surface area contributed by atoms with Gasteiger partial charge in [0.25, 0.3) is 0 Å². The quantitative estimate of drug-likeness (QED) is 0.299. The van der Waals surface area contributed by atoms with E-state index in [9.17, 15) is 4.79 Å². The highest BCUT2D eigenvalue weighted by Gasteiger charge is 2.27. The van der Waals surface area contributed by atoms with Gasteiger partial charge in [0.05, 0.1) is 25.2 Å². The number of hydrogen-bond acceptors (Lipinski definition) is 5. The van der Waals surface area contributed by atoms with Crippen LogP contribution in [0.25, 0.3) is 0 Å². The predicted octanol–water partition coefficient (Wildman–Crippen LogP) is -1.37. The summed E-state index contributed by atoms with van der Waals surface area (Å²) in [6.45, 7) is 4.15. The highest BCUT2D eigenvalue weighted by Crippen LogP contribution is 2.14. The lowest BCUT2D eigenvalue weighted by Crippen LogP contribution is -2.42. The van der Waals surface area contributed by atoms with Crippen LogP contribution in [0.2, 0.25) is 0 Å². The Morgan fingerprint density at radius 1 is 1.27 bits per heavy atom. The van der Waals surface area contributed by atoms with Crippen molar-refractivity contribution in [2.75, 3.05) is 32.9 Å². The lowest BCUT2D eigenvalue weighted by Gasteiger charge is -2.22. The van der Waals surface area contributed by atoms with Gasteiger partial charge in [0.1, 0.15) is 0 Å². The molecule has 0 unspecified atom stereocenters. The standard InChI is InChI=1S/C9H20N2O4/c1-9(2,7-15-11-4-6-13)8(14)10-3-5-12/h11-13H,3-7H2,1-2H3,(H,10,14). The average molecular weight is 220 g/mol. The highest BCUT2D eigenvalue weighted by atomic mass is 16.6. The Kier molecular flexibility index (Phi) is 7.23. The fourth-order valence-electron chi connectivity index (χ4n) is 0.824. The molecule has 0 saturated heterocycles. The van der Waals surface area contributed by atoms with E-state index in [-0.39, 0.29) is 32.3 Å². The van der Waals surface area contributed by atoms with Crippen LogP contribution in [0.4, 0.5) is 0 Å². The van der Waals surface area contributed by atoms with Crippen molar-refractivity contribution in [3.8, 4) is 0 Å². The van der Waals surface area contributed by atoms with E-state index in [0.29, 0.717) is 6.54 Å². The second kappa shape index (κ2) is 7.58. The number of hydroxylamine groups is 1. The Bertz CT molecular complexity index is 185. The normalized spacial score (nSPS) is 11.5. The third kappa shape index (κ3) is 6.40. The Balaban J connectivity index is 3.78. The molecule has 0 aliphatic carbocycles. The summed E-state index contributed by atoms with van der Waals surface area (Å²) in [5.41, 5.74) is 1.85. The third-order valence-corrected chi connectivity index (χ3v) is 1.76. The summed E-state index contributed by atoms with van der Waals surface area (Å²) in [4.78, 5) is 16.5. The van der Waals surface area contributed by atoms with Crippen molar-refractivity contribution in [2.45, 2.75) is 13.8 Å². The van der Waals surface area contributed by atoms with Crippen molar-refractivity contribution in [1.29, 1.82) is 0 Å². The van der Waals surface area contributed by atoms with Crippen molar-refractivity contribution < 1.29 is 19.8 Å². The molecule has 0 aromatic carbocycles. The van der Waals surface area contributed by atoms with Gasteiger partial charge in [-0.2, -0.15) is 0 Å². The predicted molar refractivity (Wildman–Crippen MR) is 54.9 cm³/mol. The Morgan fingerprint density at radius 3 is 2.40 bits per heavy atom. The zero-order chi connectivity index (χ0) is 11.7. The molecule has 0 aromatic rings. The number of carbonyl (C=O) groups is 1. The fraction of sp³-hybridized carbons (Fsp3) is 0.889.